The maximum absolute atomic E-state index is 13.3. The highest BCUT2D eigenvalue weighted by molar-refractivity contribution is 6.39. The van der Waals surface area contributed by atoms with Crippen LogP contribution in [0.5, 0.6) is 0 Å². The Morgan fingerprint density at radius 2 is 2.04 bits per heavy atom. The van der Waals surface area contributed by atoms with Crippen LogP contribution in [0.15, 0.2) is 23.2 Å². The van der Waals surface area contributed by atoms with E-state index >= 15 is 0 Å². The lowest BCUT2D eigenvalue weighted by molar-refractivity contribution is 0.509. The summed E-state index contributed by atoms with van der Waals surface area (Å²) in [5, 5.41) is 15.5. The fraction of sp³-hybridized carbons (Fsp3) is 0.214. The van der Waals surface area contributed by atoms with Gasteiger partial charge in [-0.25, -0.2) is 24.6 Å². The van der Waals surface area contributed by atoms with Gasteiger partial charge in [-0.1, -0.05) is 6.92 Å². The van der Waals surface area contributed by atoms with E-state index in [1.807, 2.05) is 6.92 Å². The Bertz CT molecular complexity index is 774. The van der Waals surface area contributed by atoms with Gasteiger partial charge in [-0.05, 0) is 31.5 Å². The lowest BCUT2D eigenvalue weighted by atomic mass is 10.2. The molecule has 23 heavy (non-hydrogen) atoms. The van der Waals surface area contributed by atoms with E-state index in [0.29, 0.717) is 12.1 Å². The summed E-state index contributed by atoms with van der Waals surface area (Å²) in [5.74, 6) is 3.79. The van der Waals surface area contributed by atoms with Crippen LogP contribution in [0.3, 0.4) is 0 Å². The minimum atomic E-state index is -1.00. The molecular weight excluding hydrogens is 304 g/mol. The molecule has 1 heterocycles. The predicted molar refractivity (Wildman–Crippen MR) is 82.4 cm³/mol. The normalized spacial score (nSPS) is 11.4. The predicted octanol–water partition coefficient (Wildman–Crippen LogP) is 1.91. The first-order chi connectivity index (χ1) is 11.0. The smallest absolute Gasteiger partial charge is 0.183 e. The Balaban J connectivity index is 2.54. The van der Waals surface area contributed by atoms with Gasteiger partial charge in [-0.15, -0.1) is 10.2 Å². The summed E-state index contributed by atoms with van der Waals surface area (Å²) in [6, 6.07) is 3.31. The van der Waals surface area contributed by atoms with Crippen LogP contribution in [0.1, 0.15) is 19.5 Å². The molecule has 2 aromatic rings. The van der Waals surface area contributed by atoms with E-state index in [-0.39, 0.29) is 28.8 Å². The van der Waals surface area contributed by atoms with Gasteiger partial charge in [0, 0.05) is 5.56 Å². The maximum Gasteiger partial charge on any atom is 0.183 e. The summed E-state index contributed by atoms with van der Waals surface area (Å²) in [6.45, 7) is 3.35. The van der Waals surface area contributed by atoms with E-state index in [1.165, 1.54) is 13.0 Å². The van der Waals surface area contributed by atoms with Crippen molar-refractivity contribution in [2.45, 2.75) is 20.3 Å². The van der Waals surface area contributed by atoms with Gasteiger partial charge in [0.05, 0.1) is 5.71 Å². The average molecular weight is 319 g/mol. The molecule has 7 nitrogen and oxygen atoms in total. The molecule has 0 amide bonds. The molecule has 0 saturated carbocycles. The third kappa shape index (κ3) is 3.69. The van der Waals surface area contributed by atoms with Crippen molar-refractivity contribution in [3.63, 3.8) is 0 Å². The Morgan fingerprint density at radius 3 is 2.61 bits per heavy atom. The molecular formula is C14H15F2N7. The van der Waals surface area contributed by atoms with Crippen molar-refractivity contribution in [2.24, 2.45) is 10.8 Å². The Labute approximate surface area is 131 Å². The molecule has 0 aliphatic rings. The molecule has 0 radical (unpaired) electrons. The number of benzene rings is 1. The fourth-order valence-electron chi connectivity index (χ4n) is 1.75. The number of nitrogens with two attached hydrogens (primary N) is 1. The first-order valence-electron chi connectivity index (χ1n) is 6.76. The van der Waals surface area contributed by atoms with Crippen LogP contribution in [0, 0.1) is 17.0 Å². The highest BCUT2D eigenvalue weighted by atomic mass is 19.2. The molecule has 0 unspecified atom stereocenters. The van der Waals surface area contributed by atoms with Crippen molar-refractivity contribution >= 4 is 17.4 Å². The zero-order valence-corrected chi connectivity index (χ0v) is 12.6. The summed E-state index contributed by atoms with van der Waals surface area (Å²) in [4.78, 5) is 8.36. The number of hydrazine groups is 1. The first kappa shape index (κ1) is 16.6. The van der Waals surface area contributed by atoms with Gasteiger partial charge in [0.25, 0.3) is 0 Å². The van der Waals surface area contributed by atoms with Crippen molar-refractivity contribution in [3.05, 3.63) is 35.5 Å². The zero-order valence-electron chi connectivity index (χ0n) is 12.6. The number of nitrogens with zero attached hydrogens (tertiary/aromatic N) is 4. The van der Waals surface area contributed by atoms with Gasteiger partial charge < -0.3 is 10.8 Å². The number of aromatic nitrogens is 3. The second-order valence-corrected chi connectivity index (χ2v) is 4.62. The third-order valence-electron chi connectivity index (χ3n) is 2.96. The molecule has 0 aliphatic carbocycles. The highest BCUT2D eigenvalue weighted by Crippen LogP contribution is 2.21. The van der Waals surface area contributed by atoms with E-state index in [1.54, 1.807) is 0 Å². The number of nitrogens with one attached hydrogen (secondary N) is 2. The summed E-state index contributed by atoms with van der Waals surface area (Å²) in [7, 11) is 0. The SMILES string of the molecule is CCc1nnc(-c2ccc(F)c(F)c2)nc1/N=C(\NN)C(C)=N. The van der Waals surface area contributed by atoms with E-state index in [9.17, 15) is 8.78 Å². The Kier molecular flexibility index (Phi) is 5.02. The van der Waals surface area contributed by atoms with Crippen molar-refractivity contribution in [2.75, 3.05) is 0 Å². The third-order valence-corrected chi connectivity index (χ3v) is 2.96. The Hall–Kier alpha value is -2.81. The van der Waals surface area contributed by atoms with Crippen LogP contribution in [0.2, 0.25) is 0 Å². The van der Waals surface area contributed by atoms with Crippen LogP contribution in [0.4, 0.5) is 14.6 Å². The fourth-order valence-corrected chi connectivity index (χ4v) is 1.75. The summed E-state index contributed by atoms with van der Waals surface area (Å²) in [5.41, 5.74) is 3.18. The molecule has 2 rings (SSSR count). The molecule has 1 aromatic carbocycles. The topological polar surface area (TPSA) is 113 Å². The molecule has 0 fully saturated rings. The molecule has 0 saturated heterocycles. The van der Waals surface area contributed by atoms with Crippen LogP contribution < -0.4 is 11.3 Å². The number of aliphatic imine (C=N–C) groups is 1. The first-order valence-corrected chi connectivity index (χ1v) is 6.76. The number of amidine groups is 1. The standard InChI is InChI=1S/C14H15F2N7/c1-3-11-14(19-12(21-18)7(2)17)20-13(23-22-11)8-4-5-9(15)10(16)6-8/h4-6,17H,3,18H2,1-2H3,(H,19,20,21,23). The number of rotatable bonds is 4. The Morgan fingerprint density at radius 1 is 1.30 bits per heavy atom. The lowest BCUT2D eigenvalue weighted by Gasteiger charge is -2.07. The van der Waals surface area contributed by atoms with E-state index in [0.717, 1.165) is 12.1 Å². The van der Waals surface area contributed by atoms with Crippen molar-refractivity contribution in [3.8, 4) is 11.4 Å². The zero-order chi connectivity index (χ0) is 17.0. The number of hydrogen-bond acceptors (Lipinski definition) is 6. The van der Waals surface area contributed by atoms with Crippen LogP contribution in [0.25, 0.3) is 11.4 Å². The molecule has 0 bridgehead atoms. The minimum absolute atomic E-state index is 0.0962. The maximum atomic E-state index is 13.3. The summed E-state index contributed by atoms with van der Waals surface area (Å²) < 4.78 is 26.4. The van der Waals surface area contributed by atoms with Crippen LogP contribution in [-0.4, -0.2) is 26.7 Å². The van der Waals surface area contributed by atoms with Gasteiger partial charge in [-0.2, -0.15) is 0 Å². The molecule has 0 spiro atoms. The second-order valence-electron chi connectivity index (χ2n) is 4.62. The molecule has 0 atom stereocenters. The summed E-state index contributed by atoms with van der Waals surface area (Å²) in [6.07, 6.45) is 0.506. The number of aryl methyl sites for hydroxylation is 1. The highest BCUT2D eigenvalue weighted by Gasteiger charge is 2.12. The molecule has 9 heteroatoms. The average Bonchev–Trinajstić information content (AvgIpc) is 2.54. The van der Waals surface area contributed by atoms with Gasteiger partial charge >= 0.3 is 0 Å². The van der Waals surface area contributed by atoms with Gasteiger partial charge in [0.15, 0.2) is 29.1 Å². The largest absolute Gasteiger partial charge is 0.307 e. The minimum Gasteiger partial charge on any atom is -0.307 e. The van der Waals surface area contributed by atoms with Crippen molar-refractivity contribution in [1.29, 1.82) is 5.41 Å². The van der Waals surface area contributed by atoms with Gasteiger partial charge in [0.2, 0.25) is 0 Å². The van der Waals surface area contributed by atoms with Gasteiger partial charge in [0.1, 0.15) is 5.69 Å². The van der Waals surface area contributed by atoms with Crippen LogP contribution >= 0.6 is 0 Å². The molecule has 120 valence electrons. The quantitative estimate of drug-likeness (QED) is 0.345. The van der Waals surface area contributed by atoms with Crippen molar-refractivity contribution < 1.29 is 8.78 Å². The van der Waals surface area contributed by atoms with Gasteiger partial charge in [-0.3, -0.25) is 0 Å². The lowest BCUT2D eigenvalue weighted by Crippen LogP contribution is -2.34. The molecule has 1 aromatic heterocycles. The second kappa shape index (κ2) is 6.97. The molecule has 4 N–H and O–H groups in total. The van der Waals surface area contributed by atoms with E-state index < -0.39 is 11.6 Å². The monoisotopic (exact) mass is 319 g/mol. The molecule has 0 aliphatic heterocycles. The number of hydrogen-bond donors (Lipinski definition) is 3. The van der Waals surface area contributed by atoms with E-state index in [2.05, 4.69) is 25.6 Å². The van der Waals surface area contributed by atoms with Crippen LogP contribution in [-0.2, 0) is 6.42 Å². The van der Waals surface area contributed by atoms with E-state index in [4.69, 9.17) is 11.3 Å². The van der Waals surface area contributed by atoms with Crippen molar-refractivity contribution in [1.82, 2.24) is 20.6 Å². The summed E-state index contributed by atoms with van der Waals surface area (Å²) >= 11 is 0. The number of halogens is 2.